The van der Waals surface area contributed by atoms with E-state index < -0.39 is 0 Å². The third kappa shape index (κ3) is 5.37. The van der Waals surface area contributed by atoms with Gasteiger partial charge in [-0.05, 0) is 36.8 Å². The maximum absolute atomic E-state index is 12.4. The lowest BCUT2D eigenvalue weighted by molar-refractivity contribution is 0.0453. The summed E-state index contributed by atoms with van der Waals surface area (Å²) in [5, 5.41) is 5.95. The Labute approximate surface area is 143 Å². The van der Waals surface area contributed by atoms with Gasteiger partial charge in [0.1, 0.15) is 0 Å². The number of para-hydroxylation sites is 1. The first-order valence-corrected chi connectivity index (χ1v) is 8.07. The lowest BCUT2D eigenvalue weighted by Crippen LogP contribution is -2.14. The van der Waals surface area contributed by atoms with Crippen LogP contribution in [-0.4, -0.2) is 32.8 Å². The fraction of sp³-hybridized carbons (Fsp3) is 0.316. The quantitative estimate of drug-likeness (QED) is 0.691. The van der Waals surface area contributed by atoms with Crippen molar-refractivity contribution in [1.82, 2.24) is 0 Å². The first kappa shape index (κ1) is 18.0. The van der Waals surface area contributed by atoms with Crippen molar-refractivity contribution in [3.05, 3.63) is 59.7 Å². The number of anilines is 2. The Balaban J connectivity index is 1.95. The molecule has 2 aromatic carbocycles. The van der Waals surface area contributed by atoms with E-state index in [1.807, 2.05) is 49.4 Å². The molecule has 24 heavy (non-hydrogen) atoms. The molecule has 0 atom stereocenters. The standard InChI is InChI=1S/C19H24N2O3/c1-3-23-11-12-24-14-15-7-6-8-16(13-15)21-19(22)17-9-4-5-10-18(17)20-2/h4-10,13,20H,3,11-12,14H2,1-2H3,(H,21,22). The monoisotopic (exact) mass is 328 g/mol. The lowest BCUT2D eigenvalue weighted by Gasteiger charge is -2.11. The van der Waals surface area contributed by atoms with Gasteiger partial charge in [-0.15, -0.1) is 0 Å². The maximum Gasteiger partial charge on any atom is 0.257 e. The molecule has 2 aromatic rings. The number of rotatable bonds is 9. The van der Waals surface area contributed by atoms with Crippen molar-refractivity contribution in [1.29, 1.82) is 0 Å². The number of hydrogen-bond donors (Lipinski definition) is 2. The Kier molecular flexibility index (Phi) is 7.26. The molecule has 0 aromatic heterocycles. The number of hydrogen-bond acceptors (Lipinski definition) is 4. The van der Waals surface area contributed by atoms with E-state index in [1.165, 1.54) is 0 Å². The summed E-state index contributed by atoms with van der Waals surface area (Å²) >= 11 is 0. The maximum atomic E-state index is 12.4. The Morgan fingerprint density at radius 3 is 2.62 bits per heavy atom. The number of ether oxygens (including phenoxy) is 2. The van der Waals surface area contributed by atoms with Crippen molar-refractivity contribution in [3.63, 3.8) is 0 Å². The second-order valence-corrected chi connectivity index (χ2v) is 5.20. The van der Waals surface area contributed by atoms with E-state index in [2.05, 4.69) is 10.6 Å². The van der Waals surface area contributed by atoms with Gasteiger partial charge < -0.3 is 20.1 Å². The highest BCUT2D eigenvalue weighted by atomic mass is 16.5. The Bertz CT molecular complexity index is 659. The fourth-order valence-corrected chi connectivity index (χ4v) is 2.29. The average molecular weight is 328 g/mol. The molecule has 5 heteroatoms. The van der Waals surface area contributed by atoms with Crippen LogP contribution in [0.4, 0.5) is 11.4 Å². The average Bonchev–Trinajstić information content (AvgIpc) is 2.62. The van der Waals surface area contributed by atoms with Crippen molar-refractivity contribution in [2.45, 2.75) is 13.5 Å². The summed E-state index contributed by atoms with van der Waals surface area (Å²) in [6, 6.07) is 15.1. The molecule has 2 rings (SSSR count). The van der Waals surface area contributed by atoms with Crippen LogP contribution in [0, 0.1) is 0 Å². The highest BCUT2D eigenvalue weighted by Crippen LogP contribution is 2.17. The van der Waals surface area contributed by atoms with Crippen LogP contribution in [0.1, 0.15) is 22.8 Å². The Morgan fingerprint density at radius 1 is 1.04 bits per heavy atom. The van der Waals surface area contributed by atoms with Crippen molar-refractivity contribution < 1.29 is 14.3 Å². The summed E-state index contributed by atoms with van der Waals surface area (Å²) in [6.45, 7) is 4.29. The number of carbonyl (C=O) groups excluding carboxylic acids is 1. The number of nitrogens with one attached hydrogen (secondary N) is 2. The minimum atomic E-state index is -0.144. The fourth-order valence-electron chi connectivity index (χ4n) is 2.29. The van der Waals surface area contributed by atoms with Gasteiger partial charge in [0, 0.05) is 25.0 Å². The van der Waals surface area contributed by atoms with Crippen molar-refractivity contribution in [3.8, 4) is 0 Å². The van der Waals surface area contributed by atoms with Gasteiger partial charge in [-0.3, -0.25) is 4.79 Å². The summed E-state index contributed by atoms with van der Waals surface area (Å²) in [6.07, 6.45) is 0. The molecule has 0 saturated heterocycles. The van der Waals surface area contributed by atoms with Crippen molar-refractivity contribution in [2.75, 3.05) is 37.5 Å². The molecular formula is C19H24N2O3. The van der Waals surface area contributed by atoms with Gasteiger partial charge in [0.15, 0.2) is 0 Å². The normalized spacial score (nSPS) is 10.4. The molecule has 1 amide bonds. The topological polar surface area (TPSA) is 59.6 Å². The minimum absolute atomic E-state index is 0.144. The van der Waals surface area contributed by atoms with Gasteiger partial charge in [-0.25, -0.2) is 0 Å². The molecule has 0 fully saturated rings. The number of amides is 1. The molecular weight excluding hydrogens is 304 g/mol. The highest BCUT2D eigenvalue weighted by molar-refractivity contribution is 6.08. The zero-order chi connectivity index (χ0) is 17.2. The second kappa shape index (κ2) is 9.70. The van der Waals surface area contributed by atoms with Crippen LogP contribution in [0.3, 0.4) is 0 Å². The second-order valence-electron chi connectivity index (χ2n) is 5.20. The smallest absolute Gasteiger partial charge is 0.257 e. The number of carbonyl (C=O) groups is 1. The van der Waals surface area contributed by atoms with Crippen LogP contribution in [0.25, 0.3) is 0 Å². The molecule has 0 aliphatic heterocycles. The Hall–Kier alpha value is -2.37. The molecule has 0 aliphatic carbocycles. The minimum Gasteiger partial charge on any atom is -0.387 e. The predicted molar refractivity (Wildman–Crippen MR) is 96.5 cm³/mol. The van der Waals surface area contributed by atoms with Crippen LogP contribution >= 0.6 is 0 Å². The summed E-state index contributed by atoms with van der Waals surface area (Å²) in [5.41, 5.74) is 3.16. The van der Waals surface area contributed by atoms with Crippen LogP contribution in [0.5, 0.6) is 0 Å². The van der Waals surface area contributed by atoms with Crippen molar-refractivity contribution >= 4 is 17.3 Å². The SMILES string of the molecule is CCOCCOCc1cccc(NC(=O)c2ccccc2NC)c1. The van der Waals surface area contributed by atoms with Crippen molar-refractivity contribution in [2.24, 2.45) is 0 Å². The summed E-state index contributed by atoms with van der Waals surface area (Å²) in [4.78, 5) is 12.4. The van der Waals surface area contributed by atoms with Gasteiger partial charge in [-0.1, -0.05) is 24.3 Å². The Morgan fingerprint density at radius 2 is 1.83 bits per heavy atom. The summed E-state index contributed by atoms with van der Waals surface area (Å²) in [7, 11) is 1.80. The molecule has 0 heterocycles. The summed E-state index contributed by atoms with van der Waals surface area (Å²) in [5.74, 6) is -0.144. The van der Waals surface area contributed by atoms with Crippen LogP contribution in [-0.2, 0) is 16.1 Å². The van der Waals surface area contributed by atoms with Gasteiger partial charge >= 0.3 is 0 Å². The van der Waals surface area contributed by atoms with E-state index in [-0.39, 0.29) is 5.91 Å². The zero-order valence-corrected chi connectivity index (χ0v) is 14.2. The molecule has 2 N–H and O–H groups in total. The van der Waals surface area contributed by atoms with Crippen LogP contribution in [0.15, 0.2) is 48.5 Å². The molecule has 0 aliphatic rings. The lowest BCUT2D eigenvalue weighted by atomic mass is 10.1. The largest absolute Gasteiger partial charge is 0.387 e. The van der Waals surface area contributed by atoms with E-state index in [9.17, 15) is 4.79 Å². The van der Waals surface area contributed by atoms with E-state index in [4.69, 9.17) is 9.47 Å². The molecule has 0 spiro atoms. The van der Waals surface area contributed by atoms with Gasteiger partial charge in [0.05, 0.1) is 25.4 Å². The third-order valence-electron chi connectivity index (χ3n) is 3.47. The van der Waals surface area contributed by atoms with Gasteiger partial charge in [0.2, 0.25) is 0 Å². The molecule has 0 bridgehead atoms. The van der Waals surface area contributed by atoms with E-state index >= 15 is 0 Å². The predicted octanol–water partition coefficient (Wildman–Crippen LogP) is 3.53. The van der Waals surface area contributed by atoms with Gasteiger partial charge in [-0.2, -0.15) is 0 Å². The molecule has 0 unspecified atom stereocenters. The summed E-state index contributed by atoms with van der Waals surface area (Å²) < 4.78 is 10.8. The molecule has 5 nitrogen and oxygen atoms in total. The molecule has 0 saturated carbocycles. The van der Waals surface area contributed by atoms with Crippen LogP contribution < -0.4 is 10.6 Å². The van der Waals surface area contributed by atoms with E-state index in [1.54, 1.807) is 13.1 Å². The van der Waals surface area contributed by atoms with Gasteiger partial charge in [0.25, 0.3) is 5.91 Å². The van der Waals surface area contributed by atoms with E-state index in [0.717, 1.165) is 16.9 Å². The van der Waals surface area contributed by atoms with E-state index in [0.29, 0.717) is 32.0 Å². The third-order valence-corrected chi connectivity index (χ3v) is 3.47. The van der Waals surface area contributed by atoms with Crippen LogP contribution in [0.2, 0.25) is 0 Å². The number of benzene rings is 2. The molecule has 128 valence electrons. The molecule has 0 radical (unpaired) electrons. The zero-order valence-electron chi connectivity index (χ0n) is 14.2. The first-order valence-electron chi connectivity index (χ1n) is 8.07. The highest BCUT2D eigenvalue weighted by Gasteiger charge is 2.10. The first-order chi connectivity index (χ1) is 11.7.